The minimum Gasteiger partial charge on any atom is -0.304 e. The number of benzene rings is 1. The highest BCUT2D eigenvalue weighted by Gasteiger charge is 2.18. The van der Waals surface area contributed by atoms with Gasteiger partial charge < -0.3 is 5.32 Å². The van der Waals surface area contributed by atoms with Crippen LogP contribution >= 0.6 is 15.9 Å². The number of amides is 1. The number of aromatic nitrogens is 4. The van der Waals surface area contributed by atoms with E-state index < -0.39 is 0 Å². The number of halogens is 1. The van der Waals surface area contributed by atoms with Crippen LogP contribution in [0.2, 0.25) is 0 Å². The van der Waals surface area contributed by atoms with Gasteiger partial charge in [0, 0.05) is 29.0 Å². The standard InChI is InChI=1S/C25H25BrN5O/c1-2-3-4-5-9-15-31-24-20(16-21(26)22(28-24)18-11-7-6-8-12-18)23(30-31)29-25(32)19-13-10-14-27-17-19/h7-8,10-14,16-17H,2-5,9,15H2,1H3,(H,29,30,32). The average Bonchev–Trinajstić information content (AvgIpc) is 3.15. The van der Waals surface area contributed by atoms with E-state index in [1.165, 1.54) is 19.3 Å². The minimum atomic E-state index is -0.244. The van der Waals surface area contributed by atoms with E-state index in [4.69, 9.17) is 10.1 Å². The van der Waals surface area contributed by atoms with Crippen LogP contribution in [0, 0.1) is 6.07 Å². The molecule has 6 nitrogen and oxygen atoms in total. The summed E-state index contributed by atoms with van der Waals surface area (Å²) in [7, 11) is 0. The molecule has 1 aromatic carbocycles. The predicted molar refractivity (Wildman–Crippen MR) is 130 cm³/mol. The van der Waals surface area contributed by atoms with Gasteiger partial charge in [-0.05, 0) is 46.6 Å². The molecule has 1 amide bonds. The Bertz CT molecular complexity index is 1190. The van der Waals surface area contributed by atoms with Crippen LogP contribution in [-0.2, 0) is 6.54 Å². The largest absolute Gasteiger partial charge is 0.304 e. The van der Waals surface area contributed by atoms with Crippen LogP contribution in [0.25, 0.3) is 22.3 Å². The molecule has 0 fully saturated rings. The van der Waals surface area contributed by atoms with E-state index in [0.29, 0.717) is 11.4 Å². The molecule has 0 bridgehead atoms. The van der Waals surface area contributed by atoms with Gasteiger partial charge in [0.2, 0.25) is 0 Å². The van der Waals surface area contributed by atoms with Crippen molar-refractivity contribution >= 4 is 38.7 Å². The van der Waals surface area contributed by atoms with Crippen molar-refractivity contribution in [2.24, 2.45) is 0 Å². The second-order valence-corrected chi connectivity index (χ2v) is 8.51. The number of hydrogen-bond acceptors (Lipinski definition) is 4. The Hall–Kier alpha value is -3.06. The van der Waals surface area contributed by atoms with Gasteiger partial charge in [-0.3, -0.25) is 9.78 Å². The molecular formula is C25H25BrN5O. The number of rotatable bonds is 9. The van der Waals surface area contributed by atoms with Crippen LogP contribution in [0.5, 0.6) is 0 Å². The number of carbonyl (C=O) groups excluding carboxylic acids is 1. The van der Waals surface area contributed by atoms with Gasteiger partial charge in [-0.15, -0.1) is 0 Å². The van der Waals surface area contributed by atoms with Crippen molar-refractivity contribution in [1.29, 1.82) is 0 Å². The molecule has 7 heteroatoms. The maximum atomic E-state index is 12.7. The molecule has 163 valence electrons. The fourth-order valence-electron chi connectivity index (χ4n) is 3.61. The highest BCUT2D eigenvalue weighted by atomic mass is 79.9. The molecular weight excluding hydrogens is 466 g/mol. The molecule has 0 aliphatic heterocycles. The second-order valence-electron chi connectivity index (χ2n) is 7.66. The molecule has 3 aromatic heterocycles. The number of fused-ring (bicyclic) bond motifs is 1. The topological polar surface area (TPSA) is 72.7 Å². The summed E-state index contributed by atoms with van der Waals surface area (Å²) in [6, 6.07) is 16.2. The Kier molecular flexibility index (Phi) is 7.27. The Morgan fingerprint density at radius 3 is 2.72 bits per heavy atom. The van der Waals surface area contributed by atoms with Crippen molar-refractivity contribution in [3.05, 3.63) is 71.0 Å². The van der Waals surface area contributed by atoms with Crippen LogP contribution in [-0.4, -0.2) is 25.7 Å². The third-order valence-electron chi connectivity index (χ3n) is 5.30. The van der Waals surface area contributed by atoms with Gasteiger partial charge >= 0.3 is 0 Å². The lowest BCUT2D eigenvalue weighted by atomic mass is 10.1. The Balaban J connectivity index is 1.69. The van der Waals surface area contributed by atoms with Crippen molar-refractivity contribution in [3.63, 3.8) is 0 Å². The molecule has 1 N–H and O–H groups in total. The van der Waals surface area contributed by atoms with E-state index >= 15 is 0 Å². The van der Waals surface area contributed by atoms with Crippen LogP contribution in [0.3, 0.4) is 0 Å². The van der Waals surface area contributed by atoms with E-state index in [0.717, 1.165) is 46.1 Å². The van der Waals surface area contributed by atoms with E-state index in [1.54, 1.807) is 24.5 Å². The van der Waals surface area contributed by atoms with Gasteiger partial charge in [-0.25, -0.2) is 9.67 Å². The zero-order valence-electron chi connectivity index (χ0n) is 18.0. The zero-order chi connectivity index (χ0) is 22.3. The van der Waals surface area contributed by atoms with Gasteiger partial charge in [-0.1, -0.05) is 56.9 Å². The Morgan fingerprint density at radius 2 is 1.97 bits per heavy atom. The number of carbonyl (C=O) groups is 1. The van der Waals surface area contributed by atoms with Crippen LogP contribution in [0.15, 0.2) is 59.3 Å². The number of nitrogens with zero attached hydrogens (tertiary/aromatic N) is 4. The van der Waals surface area contributed by atoms with E-state index in [2.05, 4.69) is 39.2 Å². The highest BCUT2D eigenvalue weighted by molar-refractivity contribution is 9.10. The van der Waals surface area contributed by atoms with Crippen LogP contribution in [0.4, 0.5) is 5.82 Å². The molecule has 0 aliphatic rings. The third kappa shape index (κ3) is 5.05. The van der Waals surface area contributed by atoms with Crippen LogP contribution < -0.4 is 5.32 Å². The number of aryl methyl sites for hydroxylation is 1. The lowest BCUT2D eigenvalue weighted by Crippen LogP contribution is -2.13. The first-order valence-electron chi connectivity index (χ1n) is 10.9. The lowest BCUT2D eigenvalue weighted by Gasteiger charge is -2.07. The van der Waals surface area contributed by atoms with Gasteiger partial charge in [0.25, 0.3) is 5.91 Å². The highest BCUT2D eigenvalue weighted by Crippen LogP contribution is 2.33. The maximum Gasteiger partial charge on any atom is 0.258 e. The molecule has 0 saturated carbocycles. The molecule has 0 unspecified atom stereocenters. The van der Waals surface area contributed by atoms with Crippen LogP contribution in [0.1, 0.15) is 49.4 Å². The fraction of sp³-hybridized carbons (Fsp3) is 0.280. The number of nitrogens with one attached hydrogen (secondary N) is 1. The first-order valence-corrected chi connectivity index (χ1v) is 11.7. The molecule has 0 atom stereocenters. The van der Waals surface area contributed by atoms with Gasteiger partial charge in [0.15, 0.2) is 11.5 Å². The molecule has 0 aliphatic carbocycles. The van der Waals surface area contributed by atoms with Crippen molar-refractivity contribution in [2.45, 2.75) is 45.6 Å². The maximum absolute atomic E-state index is 12.7. The first-order chi connectivity index (χ1) is 15.7. The lowest BCUT2D eigenvalue weighted by molar-refractivity contribution is 0.102. The fourth-order valence-corrected chi connectivity index (χ4v) is 4.16. The van der Waals surface area contributed by atoms with E-state index in [-0.39, 0.29) is 5.91 Å². The predicted octanol–water partition coefficient (Wildman–Crippen LogP) is 6.28. The summed E-state index contributed by atoms with van der Waals surface area (Å²) in [5.41, 5.74) is 3.07. The summed E-state index contributed by atoms with van der Waals surface area (Å²) >= 11 is 3.66. The summed E-state index contributed by atoms with van der Waals surface area (Å²) in [6.45, 7) is 2.96. The number of hydrogen-bond donors (Lipinski definition) is 1. The Labute approximate surface area is 196 Å². The van der Waals surface area contributed by atoms with Gasteiger partial charge in [-0.2, -0.15) is 5.10 Å². The van der Waals surface area contributed by atoms with E-state index in [1.807, 2.05) is 35.0 Å². The van der Waals surface area contributed by atoms with Crippen molar-refractivity contribution in [3.8, 4) is 11.3 Å². The SMILES string of the molecule is CCCCCCCn1nc(NC(=O)c2cccnc2)c2cc(Br)c(-c3cc[c]cc3)nc21. The van der Waals surface area contributed by atoms with Crippen molar-refractivity contribution < 1.29 is 4.79 Å². The van der Waals surface area contributed by atoms with Gasteiger partial charge in [0.1, 0.15) is 0 Å². The summed E-state index contributed by atoms with van der Waals surface area (Å²) in [5.74, 6) is 0.259. The number of anilines is 1. The number of unbranched alkanes of at least 4 members (excludes halogenated alkanes) is 4. The van der Waals surface area contributed by atoms with Crippen molar-refractivity contribution in [1.82, 2.24) is 19.7 Å². The van der Waals surface area contributed by atoms with Gasteiger partial charge in [0.05, 0.1) is 16.6 Å². The molecule has 4 aromatic rings. The molecule has 0 spiro atoms. The second kappa shape index (κ2) is 10.5. The molecule has 3 heterocycles. The summed E-state index contributed by atoms with van der Waals surface area (Å²) in [6.07, 6.45) is 9.01. The zero-order valence-corrected chi connectivity index (χ0v) is 19.6. The monoisotopic (exact) mass is 490 g/mol. The third-order valence-corrected chi connectivity index (χ3v) is 5.90. The number of pyridine rings is 2. The van der Waals surface area contributed by atoms with E-state index in [9.17, 15) is 4.79 Å². The van der Waals surface area contributed by atoms with Crippen molar-refractivity contribution in [2.75, 3.05) is 5.32 Å². The molecule has 1 radical (unpaired) electrons. The summed E-state index contributed by atoms with van der Waals surface area (Å²) in [5, 5.41) is 8.47. The summed E-state index contributed by atoms with van der Waals surface area (Å²) in [4.78, 5) is 21.7. The molecule has 32 heavy (non-hydrogen) atoms. The molecule has 4 rings (SSSR count). The minimum absolute atomic E-state index is 0.244. The smallest absolute Gasteiger partial charge is 0.258 e. The molecule has 0 saturated heterocycles. The average molecular weight is 491 g/mol. The quantitative estimate of drug-likeness (QED) is 0.280. The Morgan fingerprint density at radius 1 is 1.16 bits per heavy atom. The first kappa shape index (κ1) is 22.1. The summed E-state index contributed by atoms with van der Waals surface area (Å²) < 4.78 is 2.75. The normalized spacial score (nSPS) is 11.1.